The highest BCUT2D eigenvalue weighted by atomic mass is 16.6. The quantitative estimate of drug-likeness (QED) is 0.253. The van der Waals surface area contributed by atoms with Crippen molar-refractivity contribution in [2.75, 3.05) is 0 Å². The first kappa shape index (κ1) is 44.9. The van der Waals surface area contributed by atoms with Gasteiger partial charge in [-0.2, -0.15) is 0 Å². The van der Waals surface area contributed by atoms with E-state index in [1.54, 1.807) is 34.6 Å². The lowest BCUT2D eigenvalue weighted by Gasteiger charge is -2.72. The number of nitrogens with one attached hydrogen (secondary N) is 2. The number of hydrogen-bond donors (Lipinski definition) is 2. The molecule has 332 valence electrons. The van der Waals surface area contributed by atoms with Crippen LogP contribution >= 0.6 is 0 Å². The molecule has 0 heterocycles. The van der Waals surface area contributed by atoms with E-state index in [2.05, 4.69) is 103 Å². The molecule has 6 aliphatic carbocycles. The number of ketones is 1. The summed E-state index contributed by atoms with van der Waals surface area (Å²) >= 11 is 0. The van der Waals surface area contributed by atoms with Crippen LogP contribution in [0.5, 0.6) is 0 Å². The van der Waals surface area contributed by atoms with E-state index in [1.165, 1.54) is 11.1 Å². The highest BCUT2D eigenvalue weighted by Crippen LogP contribution is 2.76. The van der Waals surface area contributed by atoms with Gasteiger partial charge in [-0.25, -0.2) is 4.79 Å². The number of fused-ring (bicyclic) bond motifs is 7. The molecule has 10 atom stereocenters. The van der Waals surface area contributed by atoms with E-state index < -0.39 is 22.8 Å². The molecule has 0 unspecified atom stereocenters. The van der Waals surface area contributed by atoms with Crippen molar-refractivity contribution in [2.45, 2.75) is 190 Å². The monoisotopic (exact) mass is 827 g/mol. The SMILES string of the molecule is CC(C)C1=C2[C@H]3CC[C@@H]4[C@@]5(C)CC[C@H](OC(=O)[C@@H]6C[C@H](Cc7ccccc7)C6(C)C)C(C)(C)[C@@H]5CC[C@@]4(C)[C@]3(C)CC[C@@]2(NC(=O)C(C)(C)NC(=O)OC(C)(C)C)CC1=O. The van der Waals surface area contributed by atoms with Crippen molar-refractivity contribution in [3.8, 4) is 0 Å². The molecule has 0 aromatic heterocycles. The lowest BCUT2D eigenvalue weighted by atomic mass is 9.33. The molecule has 60 heavy (non-hydrogen) atoms. The Morgan fingerprint density at radius 3 is 2.08 bits per heavy atom. The Hall–Kier alpha value is -3.16. The standard InChI is InChI=1S/C52H78N2O6/c1-31(2)40-36(55)30-52(53-43(57)48(10,11)54-44(58)60-45(3,4)5)27-26-50(13)34(41(40)52)20-21-38-49(12)24-23-39(47(8,9)37(49)22-25-51(38,50)14)59-42(56)35-29-33(46(35,6)7)28-32-18-16-15-17-19-32/h15-19,31,33-35,37-39H,20-30H2,1-14H3,(H,53,57)(H,54,58)/t33-,34+,35-,37-,38+,39-,49-,50+,51+,52+/m0/s1. The Kier molecular flexibility index (Phi) is 11.0. The molecule has 7 rings (SSSR count). The topological polar surface area (TPSA) is 111 Å². The molecule has 1 aromatic carbocycles. The largest absolute Gasteiger partial charge is 0.462 e. The van der Waals surface area contributed by atoms with Crippen LogP contribution < -0.4 is 10.6 Å². The number of hydrogen-bond acceptors (Lipinski definition) is 6. The maximum Gasteiger partial charge on any atom is 0.408 e. The Balaban J connectivity index is 1.10. The highest BCUT2D eigenvalue weighted by Gasteiger charge is 2.70. The molecule has 8 nitrogen and oxygen atoms in total. The number of carbonyl (C=O) groups is 4. The molecular formula is C52H78N2O6. The fourth-order valence-electron chi connectivity index (χ4n) is 14.8. The molecule has 0 aliphatic heterocycles. The van der Waals surface area contributed by atoms with Crippen molar-refractivity contribution in [2.24, 2.45) is 62.6 Å². The van der Waals surface area contributed by atoms with Crippen molar-refractivity contribution < 1.29 is 28.7 Å². The van der Waals surface area contributed by atoms with Gasteiger partial charge in [-0.05, 0) is 167 Å². The van der Waals surface area contributed by atoms with E-state index in [0.29, 0.717) is 24.2 Å². The van der Waals surface area contributed by atoms with E-state index in [4.69, 9.17) is 9.47 Å². The van der Waals surface area contributed by atoms with Gasteiger partial charge in [0.1, 0.15) is 17.2 Å². The molecule has 0 spiro atoms. The first-order valence-electron chi connectivity index (χ1n) is 23.5. The predicted molar refractivity (Wildman–Crippen MR) is 237 cm³/mol. The van der Waals surface area contributed by atoms with E-state index in [-0.39, 0.29) is 75.0 Å². The summed E-state index contributed by atoms with van der Waals surface area (Å²) in [7, 11) is 0. The molecule has 5 saturated carbocycles. The summed E-state index contributed by atoms with van der Waals surface area (Å²) < 4.78 is 12.2. The fraction of sp³-hybridized carbons (Fsp3) is 0.769. The highest BCUT2D eigenvalue weighted by molar-refractivity contribution is 6.03. The summed E-state index contributed by atoms with van der Waals surface area (Å²) in [6, 6.07) is 10.6. The second-order valence-corrected chi connectivity index (χ2v) is 24.3. The number of benzene rings is 1. The summed E-state index contributed by atoms with van der Waals surface area (Å²) in [6.45, 7) is 30.0. The molecular weight excluding hydrogens is 749 g/mol. The molecule has 0 bridgehead atoms. The number of amides is 2. The second-order valence-electron chi connectivity index (χ2n) is 24.3. The summed E-state index contributed by atoms with van der Waals surface area (Å²) in [5.74, 6) is 1.38. The molecule has 5 fully saturated rings. The van der Waals surface area contributed by atoms with Crippen LogP contribution in [-0.2, 0) is 30.3 Å². The van der Waals surface area contributed by atoms with Crippen LogP contribution in [0.25, 0.3) is 0 Å². The fourth-order valence-corrected chi connectivity index (χ4v) is 14.8. The van der Waals surface area contributed by atoms with Crippen LogP contribution in [0.2, 0.25) is 0 Å². The van der Waals surface area contributed by atoms with Crippen LogP contribution in [0.1, 0.15) is 167 Å². The van der Waals surface area contributed by atoms with Gasteiger partial charge in [0.2, 0.25) is 5.91 Å². The zero-order valence-corrected chi connectivity index (χ0v) is 39.7. The summed E-state index contributed by atoms with van der Waals surface area (Å²) in [5.41, 5.74) is 0.505. The van der Waals surface area contributed by atoms with Gasteiger partial charge in [0.25, 0.3) is 0 Å². The van der Waals surface area contributed by atoms with Gasteiger partial charge < -0.3 is 20.1 Å². The van der Waals surface area contributed by atoms with Gasteiger partial charge in [0, 0.05) is 11.8 Å². The van der Waals surface area contributed by atoms with Gasteiger partial charge in [-0.15, -0.1) is 0 Å². The molecule has 1 aromatic rings. The van der Waals surface area contributed by atoms with Crippen molar-refractivity contribution >= 4 is 23.8 Å². The lowest BCUT2D eigenvalue weighted by Crippen LogP contribution is -2.68. The van der Waals surface area contributed by atoms with Crippen molar-refractivity contribution in [3.05, 3.63) is 47.0 Å². The van der Waals surface area contributed by atoms with Crippen LogP contribution in [0.3, 0.4) is 0 Å². The molecule has 2 amide bonds. The average molecular weight is 827 g/mol. The van der Waals surface area contributed by atoms with Crippen LogP contribution in [0, 0.1) is 62.6 Å². The summed E-state index contributed by atoms with van der Waals surface area (Å²) in [5, 5.41) is 6.25. The third-order valence-electron chi connectivity index (χ3n) is 18.4. The molecule has 8 heteroatoms. The van der Waals surface area contributed by atoms with Crippen molar-refractivity contribution in [1.29, 1.82) is 0 Å². The summed E-state index contributed by atoms with van der Waals surface area (Å²) in [4.78, 5) is 55.3. The smallest absolute Gasteiger partial charge is 0.408 e. The zero-order valence-electron chi connectivity index (χ0n) is 39.7. The van der Waals surface area contributed by atoms with Gasteiger partial charge in [0.15, 0.2) is 5.78 Å². The number of alkyl carbamates (subject to hydrolysis) is 1. The van der Waals surface area contributed by atoms with Crippen molar-refractivity contribution in [1.82, 2.24) is 10.6 Å². The Labute approximate surface area is 361 Å². The minimum atomic E-state index is -1.25. The van der Waals surface area contributed by atoms with Crippen LogP contribution in [0.15, 0.2) is 41.5 Å². The molecule has 6 aliphatic rings. The van der Waals surface area contributed by atoms with Crippen LogP contribution in [0.4, 0.5) is 4.79 Å². The predicted octanol–water partition coefficient (Wildman–Crippen LogP) is 11.0. The number of rotatable bonds is 8. The van der Waals surface area contributed by atoms with E-state index in [0.717, 1.165) is 63.4 Å². The van der Waals surface area contributed by atoms with Gasteiger partial charge in [-0.3, -0.25) is 14.4 Å². The number of carbonyl (C=O) groups excluding carboxylic acids is 4. The third kappa shape index (κ3) is 7.08. The minimum Gasteiger partial charge on any atom is -0.462 e. The molecule has 0 saturated heterocycles. The minimum absolute atomic E-state index is 0.00166. The summed E-state index contributed by atoms with van der Waals surface area (Å²) in [6.07, 6.45) is 9.20. The first-order chi connectivity index (χ1) is 27.6. The normalized spacial score (nSPS) is 38.1. The average Bonchev–Trinajstić information content (AvgIpc) is 3.42. The Morgan fingerprint density at radius 1 is 0.800 bits per heavy atom. The van der Waals surface area contributed by atoms with Gasteiger partial charge in [0.05, 0.1) is 11.5 Å². The van der Waals surface area contributed by atoms with E-state index in [1.807, 2.05) is 0 Å². The zero-order chi connectivity index (χ0) is 44.2. The first-order valence-corrected chi connectivity index (χ1v) is 23.5. The number of allylic oxidation sites excluding steroid dienone is 1. The number of Topliss-reactive ketones (excluding diaryl/α,β-unsaturated/α-hetero) is 1. The Bertz CT molecular complexity index is 1920. The second kappa shape index (κ2) is 14.7. The number of esters is 1. The Morgan fingerprint density at radius 2 is 1.47 bits per heavy atom. The van der Waals surface area contributed by atoms with E-state index in [9.17, 15) is 19.2 Å². The molecule has 2 N–H and O–H groups in total. The van der Waals surface area contributed by atoms with E-state index >= 15 is 0 Å². The van der Waals surface area contributed by atoms with Gasteiger partial charge in [-0.1, -0.05) is 92.6 Å². The van der Waals surface area contributed by atoms with Crippen LogP contribution in [-0.4, -0.2) is 46.5 Å². The lowest BCUT2D eigenvalue weighted by molar-refractivity contribution is -0.235. The third-order valence-corrected chi connectivity index (χ3v) is 18.4. The number of ether oxygens (including phenoxy) is 2. The van der Waals surface area contributed by atoms with Gasteiger partial charge >= 0.3 is 12.1 Å². The molecule has 0 radical (unpaired) electrons. The maximum atomic E-state index is 14.3. The van der Waals surface area contributed by atoms with Crippen molar-refractivity contribution in [3.63, 3.8) is 0 Å². The maximum absolute atomic E-state index is 14.3.